The third-order valence-corrected chi connectivity index (χ3v) is 2.86. The Bertz CT molecular complexity index is 418. The van der Waals surface area contributed by atoms with Gasteiger partial charge in [-0.3, -0.25) is 9.59 Å². The summed E-state index contributed by atoms with van der Waals surface area (Å²) < 4.78 is 15.5. The second kappa shape index (κ2) is 6.95. The standard InChI is InChI=1S/C14H18O5/c1-5-12(18-9(2)15)11-6-7-13(19-10(3)16)14(8-11)17-4/h1,6,12-14H,7-8H2,2-4H3. The van der Waals surface area contributed by atoms with E-state index >= 15 is 0 Å². The molecule has 0 bridgehead atoms. The molecule has 0 radical (unpaired) electrons. The molecule has 0 aromatic rings. The molecule has 3 atom stereocenters. The summed E-state index contributed by atoms with van der Waals surface area (Å²) in [5.74, 6) is 1.65. The molecule has 1 aliphatic carbocycles. The van der Waals surface area contributed by atoms with E-state index in [0.29, 0.717) is 12.8 Å². The molecule has 0 N–H and O–H groups in total. The lowest BCUT2D eigenvalue weighted by Gasteiger charge is -2.31. The van der Waals surface area contributed by atoms with E-state index < -0.39 is 12.1 Å². The maximum atomic E-state index is 11.0. The van der Waals surface area contributed by atoms with Crippen LogP contribution in [0.4, 0.5) is 0 Å². The zero-order valence-corrected chi connectivity index (χ0v) is 11.3. The minimum Gasteiger partial charge on any atom is -0.459 e. The first-order valence-corrected chi connectivity index (χ1v) is 6.00. The third kappa shape index (κ3) is 4.42. The Hall–Kier alpha value is -1.80. The maximum absolute atomic E-state index is 11.0. The van der Waals surface area contributed by atoms with Gasteiger partial charge >= 0.3 is 11.9 Å². The molecule has 0 amide bonds. The third-order valence-electron chi connectivity index (χ3n) is 2.86. The number of hydrogen-bond acceptors (Lipinski definition) is 5. The van der Waals surface area contributed by atoms with Gasteiger partial charge < -0.3 is 14.2 Å². The molecular weight excluding hydrogens is 248 g/mol. The van der Waals surface area contributed by atoms with Gasteiger partial charge in [-0.05, 0) is 5.57 Å². The van der Waals surface area contributed by atoms with Gasteiger partial charge in [-0.15, -0.1) is 6.42 Å². The fourth-order valence-corrected chi connectivity index (χ4v) is 2.04. The molecule has 0 fully saturated rings. The Labute approximate surface area is 112 Å². The number of methoxy groups -OCH3 is 1. The van der Waals surface area contributed by atoms with Crippen molar-refractivity contribution in [3.63, 3.8) is 0 Å². The van der Waals surface area contributed by atoms with Crippen LogP contribution in [0.5, 0.6) is 0 Å². The zero-order valence-electron chi connectivity index (χ0n) is 11.3. The lowest BCUT2D eigenvalue weighted by molar-refractivity contribution is -0.154. The van der Waals surface area contributed by atoms with E-state index in [9.17, 15) is 9.59 Å². The molecule has 1 aliphatic rings. The fraction of sp³-hybridized carbons (Fsp3) is 0.571. The monoisotopic (exact) mass is 266 g/mol. The van der Waals surface area contributed by atoms with Crippen molar-refractivity contribution in [2.75, 3.05) is 7.11 Å². The predicted molar refractivity (Wildman–Crippen MR) is 68.1 cm³/mol. The van der Waals surface area contributed by atoms with Crippen molar-refractivity contribution >= 4 is 11.9 Å². The molecule has 5 heteroatoms. The summed E-state index contributed by atoms with van der Waals surface area (Å²) in [6.07, 6.45) is 6.87. The van der Waals surface area contributed by atoms with Crippen molar-refractivity contribution < 1.29 is 23.8 Å². The highest BCUT2D eigenvalue weighted by Gasteiger charge is 2.31. The maximum Gasteiger partial charge on any atom is 0.304 e. The summed E-state index contributed by atoms with van der Waals surface area (Å²) in [5, 5.41) is 0. The molecule has 0 aliphatic heterocycles. The predicted octanol–water partition coefficient (Wildman–Crippen LogP) is 1.22. The normalized spacial score (nSPS) is 23.8. The van der Waals surface area contributed by atoms with Crippen LogP contribution in [0.3, 0.4) is 0 Å². The van der Waals surface area contributed by atoms with Crippen LogP contribution < -0.4 is 0 Å². The zero-order chi connectivity index (χ0) is 14.4. The van der Waals surface area contributed by atoms with Crippen LogP contribution in [0.25, 0.3) is 0 Å². The molecule has 0 spiro atoms. The highest BCUT2D eigenvalue weighted by atomic mass is 16.6. The van der Waals surface area contributed by atoms with E-state index in [0.717, 1.165) is 5.57 Å². The van der Waals surface area contributed by atoms with Crippen molar-refractivity contribution in [2.45, 2.75) is 45.0 Å². The van der Waals surface area contributed by atoms with Gasteiger partial charge in [0.1, 0.15) is 6.10 Å². The number of hydrogen-bond donors (Lipinski definition) is 0. The van der Waals surface area contributed by atoms with Gasteiger partial charge in [-0.2, -0.15) is 0 Å². The number of terminal acetylenes is 1. The number of ether oxygens (including phenoxy) is 3. The van der Waals surface area contributed by atoms with Gasteiger partial charge in [0.25, 0.3) is 0 Å². The molecule has 1 rings (SSSR count). The Balaban J connectivity index is 2.78. The minimum atomic E-state index is -0.687. The molecule has 0 heterocycles. The Kier molecular flexibility index (Phi) is 5.58. The minimum absolute atomic E-state index is 0.282. The first-order chi connectivity index (χ1) is 8.97. The molecule has 0 saturated heterocycles. The first kappa shape index (κ1) is 15.3. The summed E-state index contributed by atoms with van der Waals surface area (Å²) >= 11 is 0. The topological polar surface area (TPSA) is 61.8 Å². The molecule has 19 heavy (non-hydrogen) atoms. The molecule has 0 aromatic heterocycles. The quantitative estimate of drug-likeness (QED) is 0.435. The smallest absolute Gasteiger partial charge is 0.304 e. The molecule has 0 aromatic carbocycles. The van der Waals surface area contributed by atoms with E-state index in [4.69, 9.17) is 20.6 Å². The van der Waals surface area contributed by atoms with Crippen molar-refractivity contribution in [3.05, 3.63) is 11.6 Å². The molecule has 5 nitrogen and oxygen atoms in total. The van der Waals surface area contributed by atoms with E-state index in [1.54, 1.807) is 7.11 Å². The highest BCUT2D eigenvalue weighted by molar-refractivity contribution is 5.67. The first-order valence-electron chi connectivity index (χ1n) is 6.00. The molecule has 3 unspecified atom stereocenters. The number of carbonyl (C=O) groups excluding carboxylic acids is 2. The van der Waals surface area contributed by atoms with Gasteiger partial charge in [-0.25, -0.2) is 0 Å². The number of rotatable bonds is 4. The summed E-state index contributed by atoms with van der Waals surface area (Å²) in [4.78, 5) is 22.0. The van der Waals surface area contributed by atoms with E-state index in [1.165, 1.54) is 13.8 Å². The lowest BCUT2D eigenvalue weighted by atomic mass is 9.91. The van der Waals surface area contributed by atoms with Gasteiger partial charge in [0.15, 0.2) is 6.10 Å². The van der Waals surface area contributed by atoms with Crippen LogP contribution in [0, 0.1) is 12.3 Å². The van der Waals surface area contributed by atoms with Gasteiger partial charge in [0, 0.05) is 33.8 Å². The van der Waals surface area contributed by atoms with Crippen LogP contribution in [0.2, 0.25) is 0 Å². The lowest BCUT2D eigenvalue weighted by Crippen LogP contribution is -2.37. The van der Waals surface area contributed by atoms with Crippen LogP contribution in [-0.4, -0.2) is 37.4 Å². The van der Waals surface area contributed by atoms with Gasteiger partial charge in [-0.1, -0.05) is 12.0 Å². The van der Waals surface area contributed by atoms with Crippen molar-refractivity contribution in [2.24, 2.45) is 0 Å². The highest BCUT2D eigenvalue weighted by Crippen LogP contribution is 2.26. The van der Waals surface area contributed by atoms with Crippen LogP contribution in [0.15, 0.2) is 11.6 Å². The van der Waals surface area contributed by atoms with Gasteiger partial charge in [0.05, 0.1) is 6.10 Å². The summed E-state index contributed by atoms with van der Waals surface area (Å²) in [6, 6.07) is 0. The average Bonchev–Trinajstić information content (AvgIpc) is 2.35. The second-order valence-electron chi connectivity index (χ2n) is 4.30. The Morgan fingerprint density at radius 1 is 1.37 bits per heavy atom. The van der Waals surface area contributed by atoms with Crippen molar-refractivity contribution in [1.29, 1.82) is 0 Å². The van der Waals surface area contributed by atoms with Crippen molar-refractivity contribution in [1.82, 2.24) is 0 Å². The number of carbonyl (C=O) groups is 2. The fourth-order valence-electron chi connectivity index (χ4n) is 2.04. The van der Waals surface area contributed by atoms with E-state index in [1.807, 2.05) is 6.08 Å². The van der Waals surface area contributed by atoms with Crippen molar-refractivity contribution in [3.8, 4) is 12.3 Å². The van der Waals surface area contributed by atoms with E-state index in [-0.39, 0.29) is 18.2 Å². The van der Waals surface area contributed by atoms with E-state index in [2.05, 4.69) is 5.92 Å². The second-order valence-corrected chi connectivity index (χ2v) is 4.30. The largest absolute Gasteiger partial charge is 0.459 e. The Morgan fingerprint density at radius 2 is 2.05 bits per heavy atom. The van der Waals surface area contributed by atoms with Crippen LogP contribution >= 0.6 is 0 Å². The average molecular weight is 266 g/mol. The summed E-state index contributed by atoms with van der Waals surface area (Å²) in [6.45, 7) is 2.66. The summed E-state index contributed by atoms with van der Waals surface area (Å²) in [7, 11) is 1.54. The molecular formula is C14H18O5. The van der Waals surface area contributed by atoms with Crippen LogP contribution in [0.1, 0.15) is 26.7 Å². The Morgan fingerprint density at radius 3 is 2.53 bits per heavy atom. The SMILES string of the molecule is C#CC(OC(C)=O)C1=CCC(OC(C)=O)C(OC)C1. The number of esters is 2. The van der Waals surface area contributed by atoms with Crippen LogP contribution in [-0.2, 0) is 23.8 Å². The molecule has 104 valence electrons. The van der Waals surface area contributed by atoms with Gasteiger partial charge in [0.2, 0.25) is 0 Å². The summed E-state index contributed by atoms with van der Waals surface area (Å²) in [5.41, 5.74) is 0.799. The molecule has 0 saturated carbocycles.